The summed E-state index contributed by atoms with van der Waals surface area (Å²) >= 11 is 0. The molecule has 0 aliphatic carbocycles. The van der Waals surface area contributed by atoms with Crippen molar-refractivity contribution in [1.82, 2.24) is 4.90 Å². The predicted molar refractivity (Wildman–Crippen MR) is 59.3 cm³/mol. The molecular weight excluding hydrogens is 192 g/mol. The first-order valence-corrected chi connectivity index (χ1v) is 5.90. The van der Waals surface area contributed by atoms with Crippen molar-refractivity contribution in [2.45, 2.75) is 44.6 Å². The second kappa shape index (κ2) is 6.80. The molecule has 1 unspecified atom stereocenters. The molecule has 0 bridgehead atoms. The van der Waals surface area contributed by atoms with E-state index in [0.29, 0.717) is 13.0 Å². The SMILES string of the molecule is NCCCCCC(=O)N1CCCC1CO. The number of likely N-dealkylation sites (tertiary alicyclic amines) is 1. The van der Waals surface area contributed by atoms with E-state index in [1.165, 1.54) is 0 Å². The van der Waals surface area contributed by atoms with Gasteiger partial charge >= 0.3 is 0 Å². The number of hydrogen-bond acceptors (Lipinski definition) is 3. The molecule has 0 saturated carbocycles. The van der Waals surface area contributed by atoms with Crippen LogP contribution in [0.5, 0.6) is 0 Å². The van der Waals surface area contributed by atoms with Gasteiger partial charge in [-0.25, -0.2) is 0 Å². The van der Waals surface area contributed by atoms with Crippen LogP contribution in [-0.2, 0) is 4.79 Å². The Bertz CT molecular complexity index is 197. The van der Waals surface area contributed by atoms with E-state index >= 15 is 0 Å². The van der Waals surface area contributed by atoms with Gasteiger partial charge in [0.2, 0.25) is 5.91 Å². The Morgan fingerprint density at radius 3 is 2.87 bits per heavy atom. The van der Waals surface area contributed by atoms with Crippen molar-refractivity contribution in [3.05, 3.63) is 0 Å². The molecule has 0 aromatic carbocycles. The molecule has 0 aromatic heterocycles. The molecular formula is C11H22N2O2. The van der Waals surface area contributed by atoms with Gasteiger partial charge in [0.05, 0.1) is 12.6 Å². The Labute approximate surface area is 91.4 Å². The highest BCUT2D eigenvalue weighted by Gasteiger charge is 2.27. The first-order chi connectivity index (χ1) is 7.29. The lowest BCUT2D eigenvalue weighted by molar-refractivity contribution is -0.132. The number of nitrogens with zero attached hydrogens (tertiary/aromatic N) is 1. The van der Waals surface area contributed by atoms with E-state index in [-0.39, 0.29) is 18.6 Å². The highest BCUT2D eigenvalue weighted by atomic mass is 16.3. The van der Waals surface area contributed by atoms with E-state index in [4.69, 9.17) is 10.8 Å². The summed E-state index contributed by atoms with van der Waals surface area (Å²) in [5.74, 6) is 0.198. The van der Waals surface area contributed by atoms with Gasteiger partial charge in [-0.3, -0.25) is 4.79 Å². The van der Waals surface area contributed by atoms with Gasteiger partial charge in [0, 0.05) is 13.0 Å². The maximum absolute atomic E-state index is 11.8. The second-order valence-electron chi connectivity index (χ2n) is 4.17. The number of nitrogens with two attached hydrogens (primary N) is 1. The molecule has 88 valence electrons. The van der Waals surface area contributed by atoms with Crippen LogP contribution in [0.3, 0.4) is 0 Å². The molecule has 0 radical (unpaired) electrons. The molecule has 1 heterocycles. The number of amides is 1. The Morgan fingerprint density at radius 1 is 1.40 bits per heavy atom. The van der Waals surface area contributed by atoms with Gasteiger partial charge in [0.15, 0.2) is 0 Å². The topological polar surface area (TPSA) is 66.6 Å². The van der Waals surface area contributed by atoms with Crippen LogP contribution in [0.4, 0.5) is 0 Å². The molecule has 1 fully saturated rings. The minimum Gasteiger partial charge on any atom is -0.394 e. The van der Waals surface area contributed by atoms with Crippen LogP contribution in [0.15, 0.2) is 0 Å². The largest absolute Gasteiger partial charge is 0.394 e. The number of aliphatic hydroxyl groups excluding tert-OH is 1. The fourth-order valence-corrected chi connectivity index (χ4v) is 2.09. The number of rotatable bonds is 6. The normalized spacial score (nSPS) is 20.9. The van der Waals surface area contributed by atoms with E-state index in [9.17, 15) is 4.79 Å². The molecule has 1 atom stereocenters. The molecule has 4 heteroatoms. The molecule has 1 amide bonds. The molecule has 15 heavy (non-hydrogen) atoms. The third-order valence-corrected chi connectivity index (χ3v) is 3.00. The minimum atomic E-state index is 0.0759. The minimum absolute atomic E-state index is 0.0759. The first-order valence-electron chi connectivity index (χ1n) is 5.90. The maximum atomic E-state index is 11.8. The molecule has 0 aromatic rings. The third-order valence-electron chi connectivity index (χ3n) is 3.00. The van der Waals surface area contributed by atoms with Gasteiger partial charge in [0.1, 0.15) is 0 Å². The lowest BCUT2D eigenvalue weighted by Crippen LogP contribution is -2.37. The van der Waals surface area contributed by atoms with E-state index < -0.39 is 0 Å². The number of carbonyl (C=O) groups excluding carboxylic acids is 1. The van der Waals surface area contributed by atoms with E-state index in [2.05, 4.69) is 0 Å². The van der Waals surface area contributed by atoms with Crippen LogP contribution in [0.25, 0.3) is 0 Å². The standard InChI is InChI=1S/C11H22N2O2/c12-7-3-1-2-6-11(15)13-8-4-5-10(13)9-14/h10,14H,1-9,12H2. The summed E-state index contributed by atoms with van der Waals surface area (Å²) in [6, 6.07) is 0.0759. The summed E-state index contributed by atoms with van der Waals surface area (Å²) < 4.78 is 0. The molecule has 0 spiro atoms. The van der Waals surface area contributed by atoms with Crippen molar-refractivity contribution < 1.29 is 9.90 Å². The van der Waals surface area contributed by atoms with Crippen LogP contribution in [-0.4, -0.2) is 41.7 Å². The van der Waals surface area contributed by atoms with Crippen molar-refractivity contribution >= 4 is 5.91 Å². The van der Waals surface area contributed by atoms with Crippen LogP contribution < -0.4 is 5.73 Å². The van der Waals surface area contributed by atoms with Crippen molar-refractivity contribution in [2.75, 3.05) is 19.7 Å². The quantitative estimate of drug-likeness (QED) is 0.632. The lowest BCUT2D eigenvalue weighted by Gasteiger charge is -2.22. The van der Waals surface area contributed by atoms with Gasteiger partial charge in [-0.2, -0.15) is 0 Å². The fraction of sp³-hybridized carbons (Fsp3) is 0.909. The summed E-state index contributed by atoms with van der Waals surface area (Å²) in [5, 5.41) is 9.08. The van der Waals surface area contributed by atoms with Crippen LogP contribution >= 0.6 is 0 Å². The highest BCUT2D eigenvalue weighted by molar-refractivity contribution is 5.76. The summed E-state index contributed by atoms with van der Waals surface area (Å²) in [6.45, 7) is 1.63. The van der Waals surface area contributed by atoms with E-state index in [1.807, 2.05) is 4.90 Å². The van der Waals surface area contributed by atoms with Gasteiger partial charge in [-0.15, -0.1) is 0 Å². The average Bonchev–Trinajstić information content (AvgIpc) is 2.72. The number of hydrogen-bond donors (Lipinski definition) is 2. The zero-order valence-corrected chi connectivity index (χ0v) is 9.32. The molecule has 1 rings (SSSR count). The van der Waals surface area contributed by atoms with Crippen LogP contribution in [0.2, 0.25) is 0 Å². The van der Waals surface area contributed by atoms with Crippen molar-refractivity contribution in [3.63, 3.8) is 0 Å². The summed E-state index contributed by atoms with van der Waals surface area (Å²) in [5.41, 5.74) is 5.38. The molecule has 1 saturated heterocycles. The first kappa shape index (κ1) is 12.5. The second-order valence-corrected chi connectivity index (χ2v) is 4.17. The Hall–Kier alpha value is -0.610. The smallest absolute Gasteiger partial charge is 0.222 e. The van der Waals surface area contributed by atoms with Crippen molar-refractivity contribution in [1.29, 1.82) is 0 Å². The van der Waals surface area contributed by atoms with Gasteiger partial charge < -0.3 is 15.7 Å². The highest BCUT2D eigenvalue weighted by Crippen LogP contribution is 2.18. The van der Waals surface area contributed by atoms with E-state index in [0.717, 1.165) is 38.6 Å². The molecule has 1 aliphatic heterocycles. The molecule has 1 aliphatic rings. The van der Waals surface area contributed by atoms with Crippen molar-refractivity contribution in [2.24, 2.45) is 5.73 Å². The average molecular weight is 214 g/mol. The van der Waals surface area contributed by atoms with Gasteiger partial charge in [-0.1, -0.05) is 6.42 Å². The number of unbranched alkanes of at least 4 members (excludes halogenated alkanes) is 2. The van der Waals surface area contributed by atoms with Gasteiger partial charge in [-0.05, 0) is 32.2 Å². The zero-order valence-electron chi connectivity index (χ0n) is 9.32. The number of carbonyl (C=O) groups is 1. The predicted octanol–water partition coefficient (Wildman–Crippen LogP) is 0.489. The Morgan fingerprint density at radius 2 is 2.20 bits per heavy atom. The van der Waals surface area contributed by atoms with Crippen LogP contribution in [0, 0.1) is 0 Å². The molecule has 3 N–H and O–H groups in total. The molecule has 4 nitrogen and oxygen atoms in total. The van der Waals surface area contributed by atoms with Gasteiger partial charge in [0.25, 0.3) is 0 Å². The lowest BCUT2D eigenvalue weighted by atomic mass is 10.1. The zero-order chi connectivity index (χ0) is 11.1. The summed E-state index contributed by atoms with van der Waals surface area (Å²) in [7, 11) is 0. The summed E-state index contributed by atoms with van der Waals surface area (Å²) in [4.78, 5) is 13.6. The van der Waals surface area contributed by atoms with E-state index in [1.54, 1.807) is 0 Å². The van der Waals surface area contributed by atoms with Crippen LogP contribution in [0.1, 0.15) is 38.5 Å². The Kier molecular flexibility index (Phi) is 5.65. The number of aliphatic hydroxyl groups is 1. The fourth-order valence-electron chi connectivity index (χ4n) is 2.09. The third kappa shape index (κ3) is 3.80. The summed E-state index contributed by atoms with van der Waals surface area (Å²) in [6.07, 6.45) is 5.53. The van der Waals surface area contributed by atoms with Crippen molar-refractivity contribution in [3.8, 4) is 0 Å². The maximum Gasteiger partial charge on any atom is 0.222 e. The Balaban J connectivity index is 2.21. The monoisotopic (exact) mass is 214 g/mol.